The number of halogens is 6. The van der Waals surface area contributed by atoms with Crippen LogP contribution >= 0.6 is 23.2 Å². The van der Waals surface area contributed by atoms with Crippen LogP contribution in [0.15, 0.2) is 36.4 Å². The lowest BCUT2D eigenvalue weighted by molar-refractivity contribution is -0.160. The van der Waals surface area contributed by atoms with Crippen molar-refractivity contribution in [1.29, 1.82) is 5.26 Å². The number of carbonyl (C=O) groups is 1. The molecule has 1 saturated carbocycles. The number of nitriles is 1. The Balaban J connectivity index is 1.95. The summed E-state index contributed by atoms with van der Waals surface area (Å²) in [6.45, 7) is 0. The van der Waals surface area contributed by atoms with Crippen LogP contribution in [-0.2, 0) is 11.2 Å². The van der Waals surface area contributed by atoms with Crippen molar-refractivity contribution in [2.24, 2.45) is 5.41 Å². The maximum absolute atomic E-state index is 13.9. The fraction of sp³-hybridized carbons (Fsp3) is 0.364. The maximum atomic E-state index is 13.9. The van der Waals surface area contributed by atoms with Gasteiger partial charge in [0.2, 0.25) is 0 Å². The molecule has 2 N–H and O–H groups in total. The van der Waals surface area contributed by atoms with Crippen LogP contribution in [0.3, 0.4) is 0 Å². The van der Waals surface area contributed by atoms with E-state index in [9.17, 15) is 32.7 Å². The maximum Gasteiger partial charge on any atom is 0.407 e. The Bertz CT molecular complexity index is 1040. The quantitative estimate of drug-likeness (QED) is 0.453. The van der Waals surface area contributed by atoms with Gasteiger partial charge in [0.05, 0.1) is 27.6 Å². The number of hydrogen-bond acceptors (Lipinski definition) is 4. The van der Waals surface area contributed by atoms with Crippen molar-refractivity contribution in [1.82, 2.24) is 5.32 Å². The van der Waals surface area contributed by atoms with Crippen molar-refractivity contribution in [3.8, 4) is 11.8 Å². The minimum atomic E-state index is -4.83. The fourth-order valence-corrected chi connectivity index (χ4v) is 3.97. The summed E-state index contributed by atoms with van der Waals surface area (Å²) in [5.41, 5.74) is -0.947. The van der Waals surface area contributed by atoms with Gasteiger partial charge in [-0.15, -0.1) is 0 Å². The molecule has 0 unspecified atom stereocenters. The van der Waals surface area contributed by atoms with Gasteiger partial charge < -0.3 is 5.11 Å². The van der Waals surface area contributed by atoms with Gasteiger partial charge in [-0.05, 0) is 54.7 Å². The molecule has 0 bridgehead atoms. The topological polar surface area (TPSA) is 73.1 Å². The highest BCUT2D eigenvalue weighted by Crippen LogP contribution is 2.48. The summed E-state index contributed by atoms with van der Waals surface area (Å²) in [4.78, 5) is 13.0. The Morgan fingerprint density at radius 1 is 1.22 bits per heavy atom. The van der Waals surface area contributed by atoms with Crippen LogP contribution in [0.4, 0.5) is 17.6 Å². The van der Waals surface area contributed by atoms with Gasteiger partial charge >= 0.3 is 6.18 Å². The SMILES string of the molecule is N#CC1(CC(=O)[C@H](Cc2cc(Cl)c(O)c(Cl)c2)N[C@@H](c2cccc(F)c2)C(F)(F)F)CC1. The molecule has 0 heterocycles. The van der Waals surface area contributed by atoms with E-state index < -0.39 is 40.8 Å². The van der Waals surface area contributed by atoms with Crippen molar-refractivity contribution >= 4 is 29.0 Å². The van der Waals surface area contributed by atoms with Crippen LogP contribution in [0.1, 0.15) is 36.4 Å². The van der Waals surface area contributed by atoms with Gasteiger partial charge in [0, 0.05) is 6.42 Å². The molecule has 10 heteroatoms. The van der Waals surface area contributed by atoms with E-state index in [2.05, 4.69) is 11.4 Å². The third kappa shape index (κ3) is 5.71. The number of phenols is 1. The Morgan fingerprint density at radius 3 is 2.34 bits per heavy atom. The van der Waals surface area contributed by atoms with E-state index in [1.165, 1.54) is 12.1 Å². The number of carbonyl (C=O) groups excluding carboxylic acids is 1. The fourth-order valence-electron chi connectivity index (χ4n) is 3.44. The Morgan fingerprint density at radius 2 is 1.84 bits per heavy atom. The molecule has 1 aliphatic carbocycles. The summed E-state index contributed by atoms with van der Waals surface area (Å²) < 4.78 is 55.2. The molecule has 2 atom stereocenters. The Kier molecular flexibility index (Phi) is 7.03. The van der Waals surface area contributed by atoms with E-state index in [0.717, 1.165) is 24.3 Å². The monoisotopic (exact) mass is 488 g/mol. The molecule has 4 nitrogen and oxygen atoms in total. The van der Waals surface area contributed by atoms with Crippen molar-refractivity contribution in [3.05, 3.63) is 63.4 Å². The summed E-state index contributed by atoms with van der Waals surface area (Å²) in [6, 6.07) is 4.99. The number of hydrogen-bond donors (Lipinski definition) is 2. The first-order valence-electron chi connectivity index (χ1n) is 9.63. The first-order chi connectivity index (χ1) is 14.9. The van der Waals surface area contributed by atoms with Gasteiger partial charge in [0.15, 0.2) is 11.5 Å². The van der Waals surface area contributed by atoms with E-state index in [1.807, 2.05) is 0 Å². The lowest BCUT2D eigenvalue weighted by atomic mass is 9.92. The second-order valence-corrected chi connectivity index (χ2v) is 8.71. The first-order valence-corrected chi connectivity index (χ1v) is 10.4. The lowest BCUT2D eigenvalue weighted by Gasteiger charge is -2.28. The molecule has 1 fully saturated rings. The molecule has 0 aromatic heterocycles. The van der Waals surface area contributed by atoms with Gasteiger partial charge in [-0.3, -0.25) is 10.1 Å². The zero-order chi connectivity index (χ0) is 23.7. The minimum Gasteiger partial charge on any atom is -0.505 e. The second-order valence-electron chi connectivity index (χ2n) is 7.90. The largest absolute Gasteiger partial charge is 0.505 e. The summed E-state index contributed by atoms with van der Waals surface area (Å²) in [7, 11) is 0. The molecule has 2 aromatic carbocycles. The van der Waals surface area contributed by atoms with Crippen molar-refractivity contribution in [3.63, 3.8) is 0 Å². The Hall–Kier alpha value is -2.34. The zero-order valence-corrected chi connectivity index (χ0v) is 18.0. The van der Waals surface area contributed by atoms with Gasteiger partial charge in [-0.1, -0.05) is 35.3 Å². The van der Waals surface area contributed by atoms with Crippen LogP contribution in [-0.4, -0.2) is 23.1 Å². The van der Waals surface area contributed by atoms with Crippen molar-refractivity contribution in [2.75, 3.05) is 0 Å². The van der Waals surface area contributed by atoms with Gasteiger partial charge in [-0.25, -0.2) is 4.39 Å². The number of nitrogens with one attached hydrogen (secondary N) is 1. The second kappa shape index (κ2) is 9.26. The molecule has 0 amide bonds. The number of rotatable bonds is 8. The molecule has 0 spiro atoms. The highest BCUT2D eigenvalue weighted by Gasteiger charge is 2.47. The average molecular weight is 489 g/mol. The molecule has 32 heavy (non-hydrogen) atoms. The van der Waals surface area contributed by atoms with E-state index in [1.54, 1.807) is 0 Å². The predicted molar refractivity (Wildman–Crippen MR) is 111 cm³/mol. The molecular formula is C22H18Cl2F4N2O2. The van der Waals surface area contributed by atoms with Crippen LogP contribution in [0.5, 0.6) is 5.75 Å². The van der Waals surface area contributed by atoms with E-state index in [4.69, 9.17) is 23.2 Å². The average Bonchev–Trinajstić information content (AvgIpc) is 3.48. The van der Waals surface area contributed by atoms with Gasteiger partial charge in [-0.2, -0.15) is 18.4 Å². The number of Topliss-reactive ketones (excluding diaryl/α,β-unsaturated/α-hetero) is 1. The van der Waals surface area contributed by atoms with Gasteiger partial charge in [0.1, 0.15) is 11.9 Å². The number of phenolic OH excluding ortho intramolecular Hbond substituents is 1. The number of benzene rings is 2. The number of aromatic hydroxyl groups is 1. The number of ketones is 1. The zero-order valence-electron chi connectivity index (χ0n) is 16.5. The molecule has 0 saturated heterocycles. The van der Waals surface area contributed by atoms with Crippen LogP contribution in [0, 0.1) is 22.6 Å². The molecular weight excluding hydrogens is 471 g/mol. The minimum absolute atomic E-state index is 0.119. The molecule has 0 aliphatic heterocycles. The van der Waals surface area contributed by atoms with Crippen LogP contribution in [0.2, 0.25) is 10.0 Å². The molecule has 2 aromatic rings. The van der Waals surface area contributed by atoms with Crippen molar-refractivity contribution < 1.29 is 27.5 Å². The smallest absolute Gasteiger partial charge is 0.407 e. The summed E-state index contributed by atoms with van der Waals surface area (Å²) in [6.07, 6.45) is -4.30. The molecule has 170 valence electrons. The first kappa shape index (κ1) is 24.3. The molecule has 0 radical (unpaired) electrons. The number of alkyl halides is 3. The summed E-state index contributed by atoms with van der Waals surface area (Å²) in [5.74, 6) is -1.82. The summed E-state index contributed by atoms with van der Waals surface area (Å²) >= 11 is 11.8. The Labute approximate surface area is 191 Å². The standard InChI is InChI=1S/C22H18Cl2F4N2O2/c23-15-6-12(7-16(24)19(15)32)8-17(18(31)10-21(11-29)4-5-21)30-20(22(26,27)28)13-2-1-3-14(25)9-13/h1-3,6-7,9,17,20,30,32H,4-5,8,10H2/t17-,20-/m0/s1. The molecule has 3 rings (SSSR count). The van der Waals surface area contributed by atoms with E-state index in [-0.39, 0.29) is 28.6 Å². The van der Waals surface area contributed by atoms with Gasteiger partial charge in [0.25, 0.3) is 0 Å². The summed E-state index contributed by atoms with van der Waals surface area (Å²) in [5, 5.41) is 21.1. The molecule has 1 aliphatic rings. The van der Waals surface area contributed by atoms with E-state index in [0.29, 0.717) is 18.4 Å². The predicted octanol–water partition coefficient (Wildman–Crippen LogP) is 5.91. The third-order valence-electron chi connectivity index (χ3n) is 5.39. The highest BCUT2D eigenvalue weighted by atomic mass is 35.5. The van der Waals surface area contributed by atoms with E-state index >= 15 is 0 Å². The normalized spacial score (nSPS) is 16.8. The highest BCUT2D eigenvalue weighted by molar-refractivity contribution is 6.37. The van der Waals surface area contributed by atoms with Crippen LogP contribution in [0.25, 0.3) is 0 Å². The van der Waals surface area contributed by atoms with Crippen molar-refractivity contribution in [2.45, 2.75) is 43.9 Å². The van der Waals surface area contributed by atoms with Crippen LogP contribution < -0.4 is 5.32 Å². The number of nitrogens with zero attached hydrogens (tertiary/aromatic N) is 1. The lowest BCUT2D eigenvalue weighted by Crippen LogP contribution is -2.46. The third-order valence-corrected chi connectivity index (χ3v) is 5.96.